The van der Waals surface area contributed by atoms with Gasteiger partial charge in [0.15, 0.2) is 9.84 Å². The number of hydrogen-bond acceptors (Lipinski definition) is 2. The lowest BCUT2D eigenvalue weighted by molar-refractivity contribution is 0.604. The first-order valence-corrected chi connectivity index (χ1v) is 7.97. The molecule has 0 aromatic rings. The summed E-state index contributed by atoms with van der Waals surface area (Å²) >= 11 is 0. The van der Waals surface area contributed by atoms with Crippen LogP contribution in [0.4, 0.5) is 0 Å². The van der Waals surface area contributed by atoms with Crippen molar-refractivity contribution in [1.29, 1.82) is 0 Å². The van der Waals surface area contributed by atoms with Gasteiger partial charge in [-0.05, 0) is 25.3 Å². The first kappa shape index (κ1) is 15.4. The van der Waals surface area contributed by atoms with Gasteiger partial charge in [-0.2, -0.15) is 0 Å². The minimum Gasteiger partial charge on any atom is -0.224 e. The maximum Gasteiger partial charge on any atom is 0.171 e. The summed E-state index contributed by atoms with van der Waals surface area (Å²) in [6, 6.07) is 0. The Morgan fingerprint density at radius 1 is 1.12 bits per heavy atom. The highest BCUT2D eigenvalue weighted by Gasteiger charge is 2.08. The van der Waals surface area contributed by atoms with Crippen LogP contribution in [0.3, 0.4) is 0 Å². The van der Waals surface area contributed by atoms with E-state index in [0.717, 1.165) is 25.7 Å². The van der Waals surface area contributed by atoms with Crippen molar-refractivity contribution in [2.24, 2.45) is 0 Å². The van der Waals surface area contributed by atoms with E-state index in [1.54, 1.807) is 6.08 Å². The lowest BCUT2D eigenvalue weighted by atomic mass is 10.2. The highest BCUT2D eigenvalue weighted by molar-refractivity contribution is 7.94. The van der Waals surface area contributed by atoms with Gasteiger partial charge in [0.1, 0.15) is 0 Å². The smallest absolute Gasteiger partial charge is 0.171 e. The fourth-order valence-electron chi connectivity index (χ4n) is 1.34. The lowest BCUT2D eigenvalue weighted by Crippen LogP contribution is -2.00. The third-order valence-electron chi connectivity index (χ3n) is 2.40. The van der Waals surface area contributed by atoms with Crippen LogP contribution in [0.25, 0.3) is 0 Å². The monoisotopic (exact) mass is 244 g/mol. The predicted molar refractivity (Wildman–Crippen MR) is 71.1 cm³/mol. The topological polar surface area (TPSA) is 34.1 Å². The van der Waals surface area contributed by atoms with E-state index >= 15 is 0 Å². The van der Waals surface area contributed by atoms with Gasteiger partial charge in [0.25, 0.3) is 0 Å². The Morgan fingerprint density at radius 3 is 2.25 bits per heavy atom. The highest BCUT2D eigenvalue weighted by atomic mass is 32.2. The Morgan fingerprint density at radius 2 is 1.75 bits per heavy atom. The molecule has 0 aromatic heterocycles. The maximum absolute atomic E-state index is 11.5. The molecule has 16 heavy (non-hydrogen) atoms. The average molecular weight is 244 g/mol. The molecule has 0 unspecified atom stereocenters. The maximum atomic E-state index is 11.5. The normalized spacial score (nSPS) is 13.6. The van der Waals surface area contributed by atoms with Crippen LogP contribution < -0.4 is 0 Å². The van der Waals surface area contributed by atoms with Crippen molar-refractivity contribution in [3.8, 4) is 0 Å². The van der Waals surface area contributed by atoms with Gasteiger partial charge < -0.3 is 0 Å². The molecule has 0 rings (SSSR count). The van der Waals surface area contributed by atoms with Gasteiger partial charge in [0, 0.05) is 11.2 Å². The Hall–Kier alpha value is -0.570. The van der Waals surface area contributed by atoms with E-state index < -0.39 is 9.84 Å². The molecule has 0 aromatic carbocycles. The number of sulfone groups is 1. The number of hydrogen-bond donors (Lipinski definition) is 0. The van der Waals surface area contributed by atoms with Crippen molar-refractivity contribution in [3.05, 3.63) is 23.1 Å². The first-order valence-electron chi connectivity index (χ1n) is 6.08. The fraction of sp³-hybridized carbons (Fsp3) is 0.692. The first-order chi connectivity index (χ1) is 7.52. The molecule has 0 atom stereocenters. The third-order valence-corrected chi connectivity index (χ3v) is 3.69. The van der Waals surface area contributed by atoms with Crippen LogP contribution in [-0.2, 0) is 9.84 Å². The Labute approximate surface area is 100 Å². The molecular weight excluding hydrogens is 220 g/mol. The molecule has 0 spiro atoms. The van der Waals surface area contributed by atoms with Crippen molar-refractivity contribution in [1.82, 2.24) is 0 Å². The zero-order valence-corrected chi connectivity index (χ0v) is 11.5. The molecule has 94 valence electrons. The van der Waals surface area contributed by atoms with E-state index in [1.807, 2.05) is 12.2 Å². The van der Waals surface area contributed by atoms with Gasteiger partial charge in [0.2, 0.25) is 0 Å². The van der Waals surface area contributed by atoms with E-state index in [2.05, 4.69) is 13.8 Å². The summed E-state index contributed by atoms with van der Waals surface area (Å²) in [5.41, 5.74) is 0. The number of unbranched alkanes of at least 4 members (excludes halogenated alkanes) is 3. The molecule has 0 aliphatic heterocycles. The Balaban J connectivity index is 4.40. The van der Waals surface area contributed by atoms with E-state index in [9.17, 15) is 8.42 Å². The van der Waals surface area contributed by atoms with E-state index in [0.29, 0.717) is 11.3 Å². The van der Waals surface area contributed by atoms with Gasteiger partial charge in [-0.15, -0.1) is 0 Å². The van der Waals surface area contributed by atoms with Crippen molar-refractivity contribution >= 4 is 9.84 Å². The minimum absolute atomic E-state index is 0.557. The SMILES string of the molecule is CCCC/C=C/C=C(/CCCC)S(C)(=O)=O. The second-order valence-electron chi connectivity index (χ2n) is 4.08. The third kappa shape index (κ3) is 7.69. The molecule has 0 saturated heterocycles. The zero-order valence-electron chi connectivity index (χ0n) is 10.7. The van der Waals surface area contributed by atoms with Gasteiger partial charge in [-0.25, -0.2) is 8.42 Å². The van der Waals surface area contributed by atoms with Crippen molar-refractivity contribution in [2.75, 3.05) is 6.26 Å². The van der Waals surface area contributed by atoms with Crippen LogP contribution in [0.5, 0.6) is 0 Å². The predicted octanol–water partition coefficient (Wildman–Crippen LogP) is 3.85. The summed E-state index contributed by atoms with van der Waals surface area (Å²) in [4.78, 5) is 0.557. The summed E-state index contributed by atoms with van der Waals surface area (Å²) in [6.07, 6.45) is 12.9. The zero-order chi connectivity index (χ0) is 12.4. The van der Waals surface area contributed by atoms with E-state index in [4.69, 9.17) is 0 Å². The second-order valence-corrected chi connectivity index (χ2v) is 6.15. The van der Waals surface area contributed by atoms with Gasteiger partial charge in [0.05, 0.1) is 0 Å². The molecule has 0 fully saturated rings. The molecule has 3 heteroatoms. The largest absolute Gasteiger partial charge is 0.224 e. The summed E-state index contributed by atoms with van der Waals surface area (Å²) in [5.74, 6) is 0. The number of allylic oxidation sites excluding steroid dienone is 4. The second kappa shape index (κ2) is 8.57. The van der Waals surface area contributed by atoms with Gasteiger partial charge in [-0.1, -0.05) is 45.3 Å². The molecule has 0 N–H and O–H groups in total. The van der Waals surface area contributed by atoms with Gasteiger partial charge in [-0.3, -0.25) is 0 Å². The van der Waals surface area contributed by atoms with Crippen LogP contribution in [-0.4, -0.2) is 14.7 Å². The molecule has 0 aliphatic carbocycles. The fourth-order valence-corrected chi connectivity index (χ4v) is 2.18. The van der Waals surface area contributed by atoms with Crippen LogP contribution >= 0.6 is 0 Å². The summed E-state index contributed by atoms with van der Waals surface area (Å²) < 4.78 is 22.9. The van der Waals surface area contributed by atoms with Crippen molar-refractivity contribution in [3.63, 3.8) is 0 Å². The highest BCUT2D eigenvalue weighted by Crippen LogP contribution is 2.13. The summed E-state index contributed by atoms with van der Waals surface area (Å²) in [7, 11) is -3.02. The standard InChI is InChI=1S/C13H24O2S/c1-4-6-8-9-10-12-13(11-7-5-2)16(3,14)15/h9-10,12H,4-8,11H2,1-3H3/b10-9+,13-12-. The molecule has 0 heterocycles. The lowest BCUT2D eigenvalue weighted by Gasteiger charge is -2.02. The minimum atomic E-state index is -3.02. The summed E-state index contributed by atoms with van der Waals surface area (Å²) in [5, 5.41) is 0. The Kier molecular flexibility index (Phi) is 8.26. The molecule has 0 saturated carbocycles. The van der Waals surface area contributed by atoms with E-state index in [-0.39, 0.29) is 0 Å². The molecule has 2 nitrogen and oxygen atoms in total. The van der Waals surface area contributed by atoms with Crippen LogP contribution in [0.2, 0.25) is 0 Å². The molecule has 0 amide bonds. The van der Waals surface area contributed by atoms with E-state index in [1.165, 1.54) is 12.7 Å². The molecule has 0 aliphatic rings. The molecule has 0 bridgehead atoms. The van der Waals surface area contributed by atoms with Crippen LogP contribution in [0.15, 0.2) is 23.1 Å². The number of rotatable bonds is 8. The molecule has 0 radical (unpaired) electrons. The summed E-state index contributed by atoms with van der Waals surface area (Å²) in [6.45, 7) is 4.21. The Bertz CT molecular complexity index is 324. The van der Waals surface area contributed by atoms with Crippen LogP contribution in [0.1, 0.15) is 52.4 Å². The van der Waals surface area contributed by atoms with Crippen LogP contribution in [0, 0.1) is 0 Å². The average Bonchev–Trinajstić information content (AvgIpc) is 2.20. The quantitative estimate of drug-likeness (QED) is 0.480. The van der Waals surface area contributed by atoms with Crippen molar-refractivity contribution < 1.29 is 8.42 Å². The molecular formula is C13H24O2S. The van der Waals surface area contributed by atoms with Crippen molar-refractivity contribution in [2.45, 2.75) is 52.4 Å². The van der Waals surface area contributed by atoms with Gasteiger partial charge >= 0.3 is 0 Å².